The predicted octanol–water partition coefficient (Wildman–Crippen LogP) is 2.93. The van der Waals surface area contributed by atoms with Gasteiger partial charge in [0.2, 0.25) is 0 Å². The van der Waals surface area contributed by atoms with E-state index in [1.54, 1.807) is 24.9 Å². The molecule has 1 aromatic carbocycles. The van der Waals surface area contributed by atoms with Gasteiger partial charge in [-0.05, 0) is 57.0 Å². The van der Waals surface area contributed by atoms with E-state index in [2.05, 4.69) is 10.2 Å². The van der Waals surface area contributed by atoms with Gasteiger partial charge in [-0.2, -0.15) is 0 Å². The number of pyridine rings is 1. The van der Waals surface area contributed by atoms with Crippen LogP contribution in [0, 0.1) is 0 Å². The number of rotatable bonds is 7. The molecule has 3 heterocycles. The van der Waals surface area contributed by atoms with E-state index in [9.17, 15) is 9.59 Å². The molecule has 0 aliphatic carbocycles. The Balaban J connectivity index is 1.52. The number of nitrogens with one attached hydrogen (secondary N) is 1. The van der Waals surface area contributed by atoms with Crippen LogP contribution in [0.3, 0.4) is 0 Å². The zero-order valence-electron chi connectivity index (χ0n) is 18.8. The van der Waals surface area contributed by atoms with Crippen LogP contribution in [-0.2, 0) is 9.47 Å². The van der Waals surface area contributed by atoms with Gasteiger partial charge in [-0.25, -0.2) is 0 Å². The number of benzene rings is 1. The molecule has 2 aromatic rings. The maximum atomic E-state index is 13.2. The molecule has 0 spiro atoms. The molecule has 2 bridgehead atoms. The maximum Gasteiger partial charge on any atom is 0.264 e. The first-order valence-corrected chi connectivity index (χ1v) is 11.2. The highest BCUT2D eigenvalue weighted by Gasteiger charge is 2.42. The summed E-state index contributed by atoms with van der Waals surface area (Å²) in [5.41, 5.74) is 0.854. The Hall–Kier alpha value is -2.22. The Labute approximate surface area is 183 Å². The minimum atomic E-state index is -0.269. The number of fused-ring (bicyclic) bond motifs is 3. The SMILES string of the molecule is COC(CN1[C@@H]2CC[C@H]1CC(NC(=O)c1cc3ccccc3n(C(C)C)c1=O)C2)OC. The second-order valence-electron chi connectivity index (χ2n) is 9.01. The zero-order valence-corrected chi connectivity index (χ0v) is 18.8. The van der Waals surface area contributed by atoms with Crippen molar-refractivity contribution in [1.82, 2.24) is 14.8 Å². The van der Waals surface area contributed by atoms with E-state index in [1.807, 2.05) is 38.1 Å². The van der Waals surface area contributed by atoms with Crippen LogP contribution in [0.4, 0.5) is 0 Å². The van der Waals surface area contributed by atoms with Crippen molar-refractivity contribution in [3.8, 4) is 0 Å². The van der Waals surface area contributed by atoms with Crippen molar-refractivity contribution >= 4 is 16.8 Å². The van der Waals surface area contributed by atoms with E-state index in [-0.39, 0.29) is 35.4 Å². The summed E-state index contributed by atoms with van der Waals surface area (Å²) in [6, 6.07) is 10.3. The van der Waals surface area contributed by atoms with Crippen molar-refractivity contribution in [1.29, 1.82) is 0 Å². The first-order valence-electron chi connectivity index (χ1n) is 11.2. The van der Waals surface area contributed by atoms with Gasteiger partial charge in [0, 0.05) is 38.4 Å². The number of amides is 1. The lowest BCUT2D eigenvalue weighted by molar-refractivity contribution is -0.125. The Bertz CT molecular complexity index is 984. The Kier molecular flexibility index (Phi) is 6.46. The van der Waals surface area contributed by atoms with Crippen LogP contribution >= 0.6 is 0 Å². The zero-order chi connectivity index (χ0) is 22.1. The topological polar surface area (TPSA) is 72.8 Å². The molecule has 2 fully saturated rings. The minimum Gasteiger partial charge on any atom is -0.355 e. The van der Waals surface area contributed by atoms with E-state index in [0.717, 1.165) is 43.1 Å². The van der Waals surface area contributed by atoms with Gasteiger partial charge in [-0.3, -0.25) is 14.5 Å². The number of hydrogen-bond acceptors (Lipinski definition) is 5. The third-order valence-electron chi connectivity index (χ3n) is 6.81. The number of piperidine rings is 1. The summed E-state index contributed by atoms with van der Waals surface area (Å²) in [7, 11) is 3.33. The molecular weight excluding hydrogens is 394 g/mol. The van der Waals surface area contributed by atoms with Crippen LogP contribution in [0.15, 0.2) is 35.1 Å². The normalized spacial score (nSPS) is 23.7. The van der Waals surface area contributed by atoms with Crippen LogP contribution in [0.1, 0.15) is 55.9 Å². The molecule has 31 heavy (non-hydrogen) atoms. The van der Waals surface area contributed by atoms with Crippen molar-refractivity contribution in [2.24, 2.45) is 0 Å². The van der Waals surface area contributed by atoms with E-state index in [1.165, 1.54) is 0 Å². The number of nitrogens with zero attached hydrogens (tertiary/aromatic N) is 2. The van der Waals surface area contributed by atoms with Gasteiger partial charge in [-0.1, -0.05) is 18.2 Å². The van der Waals surface area contributed by atoms with Crippen molar-refractivity contribution in [3.63, 3.8) is 0 Å². The van der Waals surface area contributed by atoms with Crippen LogP contribution in [-0.4, -0.2) is 60.6 Å². The molecule has 0 radical (unpaired) electrons. The van der Waals surface area contributed by atoms with E-state index >= 15 is 0 Å². The van der Waals surface area contributed by atoms with Crippen molar-refractivity contribution < 1.29 is 14.3 Å². The molecule has 7 nitrogen and oxygen atoms in total. The standard InChI is InChI=1S/C24H33N3O4/c1-15(2)27-21-8-6-5-7-16(21)11-20(24(27)29)23(28)25-17-12-18-9-10-19(13-17)26(18)14-22(30-3)31-4/h5-8,11,15,17-19,22H,9-10,12-14H2,1-4H3,(H,25,28)/t17?,18-,19+. The molecule has 1 N–H and O–H groups in total. The summed E-state index contributed by atoms with van der Waals surface area (Å²) in [5.74, 6) is -0.269. The summed E-state index contributed by atoms with van der Waals surface area (Å²) in [5, 5.41) is 4.07. The third kappa shape index (κ3) is 4.27. The number of para-hydroxylation sites is 1. The second-order valence-corrected chi connectivity index (χ2v) is 9.01. The number of hydrogen-bond donors (Lipinski definition) is 1. The van der Waals surface area contributed by atoms with Gasteiger partial charge >= 0.3 is 0 Å². The molecule has 7 heteroatoms. The molecule has 2 saturated heterocycles. The number of methoxy groups -OCH3 is 2. The van der Waals surface area contributed by atoms with Gasteiger partial charge < -0.3 is 19.4 Å². The third-order valence-corrected chi connectivity index (χ3v) is 6.81. The van der Waals surface area contributed by atoms with Crippen molar-refractivity contribution in [2.75, 3.05) is 20.8 Å². The van der Waals surface area contributed by atoms with Gasteiger partial charge in [-0.15, -0.1) is 0 Å². The Morgan fingerprint density at radius 1 is 1.13 bits per heavy atom. The lowest BCUT2D eigenvalue weighted by Crippen LogP contribution is -2.53. The molecule has 2 aliphatic rings. The van der Waals surface area contributed by atoms with Crippen LogP contribution in [0.2, 0.25) is 0 Å². The Morgan fingerprint density at radius 2 is 1.77 bits per heavy atom. The molecule has 3 atom stereocenters. The number of carbonyl (C=O) groups is 1. The number of aromatic nitrogens is 1. The molecule has 2 aliphatic heterocycles. The van der Waals surface area contributed by atoms with Crippen LogP contribution in [0.25, 0.3) is 10.9 Å². The predicted molar refractivity (Wildman–Crippen MR) is 120 cm³/mol. The summed E-state index contributed by atoms with van der Waals surface area (Å²) in [6.07, 6.45) is 3.77. The summed E-state index contributed by atoms with van der Waals surface area (Å²) in [4.78, 5) is 28.8. The Morgan fingerprint density at radius 3 is 2.39 bits per heavy atom. The molecule has 168 valence electrons. The van der Waals surface area contributed by atoms with Gasteiger partial charge in [0.1, 0.15) is 5.56 Å². The monoisotopic (exact) mass is 427 g/mol. The average Bonchev–Trinajstić information content (AvgIpc) is 2.98. The number of carbonyl (C=O) groups excluding carboxylic acids is 1. The smallest absolute Gasteiger partial charge is 0.264 e. The fourth-order valence-corrected chi connectivity index (χ4v) is 5.33. The molecule has 4 rings (SSSR count). The fraction of sp³-hybridized carbons (Fsp3) is 0.583. The lowest BCUT2D eigenvalue weighted by atomic mass is 9.96. The van der Waals surface area contributed by atoms with Gasteiger partial charge in [0.25, 0.3) is 11.5 Å². The van der Waals surface area contributed by atoms with Crippen molar-refractivity contribution in [2.45, 2.75) is 70.0 Å². The van der Waals surface area contributed by atoms with Crippen molar-refractivity contribution in [3.05, 3.63) is 46.2 Å². The van der Waals surface area contributed by atoms with Gasteiger partial charge in [0.05, 0.1) is 12.1 Å². The first kappa shape index (κ1) is 22.0. The van der Waals surface area contributed by atoms with E-state index in [0.29, 0.717) is 12.1 Å². The summed E-state index contributed by atoms with van der Waals surface area (Å²) < 4.78 is 12.5. The molecule has 1 unspecified atom stereocenters. The van der Waals surface area contributed by atoms with Crippen LogP contribution < -0.4 is 10.9 Å². The molecular formula is C24H33N3O4. The highest BCUT2D eigenvalue weighted by atomic mass is 16.7. The first-order chi connectivity index (χ1) is 14.9. The van der Waals surface area contributed by atoms with E-state index < -0.39 is 0 Å². The molecule has 1 aromatic heterocycles. The largest absolute Gasteiger partial charge is 0.355 e. The number of ether oxygens (including phenoxy) is 2. The van der Waals surface area contributed by atoms with Crippen LogP contribution in [0.5, 0.6) is 0 Å². The highest BCUT2D eigenvalue weighted by molar-refractivity contribution is 5.97. The lowest BCUT2D eigenvalue weighted by Gasteiger charge is -2.40. The fourth-order valence-electron chi connectivity index (χ4n) is 5.33. The quantitative estimate of drug-likeness (QED) is 0.688. The molecule has 0 saturated carbocycles. The minimum absolute atomic E-state index is 0.0289. The van der Waals surface area contributed by atoms with Gasteiger partial charge in [0.15, 0.2) is 6.29 Å². The second kappa shape index (κ2) is 9.10. The average molecular weight is 428 g/mol. The maximum absolute atomic E-state index is 13.2. The summed E-state index contributed by atoms with van der Waals surface area (Å²) >= 11 is 0. The van der Waals surface area contributed by atoms with E-state index in [4.69, 9.17) is 9.47 Å². The summed E-state index contributed by atoms with van der Waals surface area (Å²) in [6.45, 7) is 4.68. The molecule has 1 amide bonds. The highest BCUT2D eigenvalue weighted by Crippen LogP contribution is 2.36.